The number of esters is 1. The molecule has 5 heteroatoms. The molecule has 0 saturated heterocycles. The molecule has 2 aromatic carbocycles. The monoisotopic (exact) mass is 340 g/mol. The minimum Gasteiger partial charge on any atom is -0.469 e. The molecule has 0 aliphatic carbocycles. The van der Waals surface area contributed by atoms with Gasteiger partial charge in [0.05, 0.1) is 7.11 Å². The van der Waals surface area contributed by atoms with E-state index < -0.39 is 6.04 Å². The van der Waals surface area contributed by atoms with Crippen LogP contribution in [0.3, 0.4) is 0 Å². The second-order valence-corrected chi connectivity index (χ2v) is 5.83. The predicted molar refractivity (Wildman–Crippen MR) is 98.2 cm³/mol. The molecule has 0 fully saturated rings. The highest BCUT2D eigenvalue weighted by Crippen LogP contribution is 2.17. The Labute approximate surface area is 148 Å². The van der Waals surface area contributed by atoms with Crippen LogP contribution in [0, 0.1) is 6.92 Å². The quantitative estimate of drug-likeness (QED) is 0.572. The highest BCUT2D eigenvalue weighted by molar-refractivity contribution is 5.95. The molecule has 0 spiro atoms. The molecule has 132 valence electrons. The van der Waals surface area contributed by atoms with Gasteiger partial charge in [0.2, 0.25) is 5.91 Å². The summed E-state index contributed by atoms with van der Waals surface area (Å²) in [7, 11) is 1.37. The SMILES string of the molecule is COC(=O)CCCN[C@H](C(=O)Nc1ccc(C)cc1)c1ccccc1. The zero-order chi connectivity index (χ0) is 18.1. The lowest BCUT2D eigenvalue weighted by molar-refractivity contribution is -0.140. The van der Waals surface area contributed by atoms with Crippen molar-refractivity contribution in [3.8, 4) is 0 Å². The number of amides is 1. The second kappa shape index (κ2) is 9.59. The zero-order valence-electron chi connectivity index (χ0n) is 14.6. The Morgan fingerprint density at radius 2 is 1.72 bits per heavy atom. The molecule has 5 nitrogen and oxygen atoms in total. The predicted octanol–water partition coefficient (Wildman–Crippen LogP) is 3.22. The van der Waals surface area contributed by atoms with Gasteiger partial charge >= 0.3 is 5.97 Å². The number of aryl methyl sites for hydroxylation is 1. The first-order chi connectivity index (χ1) is 12.1. The number of methoxy groups -OCH3 is 1. The number of hydrogen-bond donors (Lipinski definition) is 2. The van der Waals surface area contributed by atoms with E-state index in [0.717, 1.165) is 16.8 Å². The van der Waals surface area contributed by atoms with Crippen molar-refractivity contribution in [2.24, 2.45) is 0 Å². The first-order valence-electron chi connectivity index (χ1n) is 8.33. The van der Waals surface area contributed by atoms with Crippen LogP contribution in [0.4, 0.5) is 5.69 Å². The van der Waals surface area contributed by atoms with E-state index >= 15 is 0 Å². The Balaban J connectivity index is 2.02. The van der Waals surface area contributed by atoms with Crippen molar-refractivity contribution in [1.29, 1.82) is 0 Å². The van der Waals surface area contributed by atoms with Gasteiger partial charge in [0.1, 0.15) is 6.04 Å². The summed E-state index contributed by atoms with van der Waals surface area (Å²) < 4.78 is 4.63. The van der Waals surface area contributed by atoms with Gasteiger partial charge in [-0.25, -0.2) is 0 Å². The van der Waals surface area contributed by atoms with Crippen LogP contribution in [0.15, 0.2) is 54.6 Å². The molecule has 0 aliphatic rings. The zero-order valence-corrected chi connectivity index (χ0v) is 14.6. The minimum absolute atomic E-state index is 0.131. The summed E-state index contributed by atoms with van der Waals surface area (Å²) in [4.78, 5) is 23.9. The lowest BCUT2D eigenvalue weighted by Gasteiger charge is -2.19. The summed E-state index contributed by atoms with van der Waals surface area (Å²) in [5.41, 5.74) is 2.77. The highest BCUT2D eigenvalue weighted by atomic mass is 16.5. The summed E-state index contributed by atoms with van der Waals surface area (Å²) in [6, 6.07) is 16.7. The molecule has 1 amide bonds. The van der Waals surface area contributed by atoms with Crippen LogP contribution in [-0.2, 0) is 14.3 Å². The van der Waals surface area contributed by atoms with E-state index in [-0.39, 0.29) is 11.9 Å². The number of carbonyl (C=O) groups is 2. The Hall–Kier alpha value is -2.66. The maximum absolute atomic E-state index is 12.7. The van der Waals surface area contributed by atoms with Crippen LogP contribution in [-0.4, -0.2) is 25.5 Å². The maximum atomic E-state index is 12.7. The average molecular weight is 340 g/mol. The van der Waals surface area contributed by atoms with Crippen molar-refractivity contribution in [3.63, 3.8) is 0 Å². The summed E-state index contributed by atoms with van der Waals surface area (Å²) in [6.07, 6.45) is 0.929. The molecule has 25 heavy (non-hydrogen) atoms. The van der Waals surface area contributed by atoms with Gasteiger partial charge in [0, 0.05) is 12.1 Å². The van der Waals surface area contributed by atoms with Gasteiger partial charge in [0.25, 0.3) is 0 Å². The smallest absolute Gasteiger partial charge is 0.305 e. The first kappa shape index (κ1) is 18.7. The first-order valence-corrected chi connectivity index (χ1v) is 8.33. The van der Waals surface area contributed by atoms with Gasteiger partial charge in [-0.2, -0.15) is 0 Å². The van der Waals surface area contributed by atoms with E-state index in [1.807, 2.05) is 61.5 Å². The van der Waals surface area contributed by atoms with Crippen molar-refractivity contribution in [2.75, 3.05) is 19.0 Å². The van der Waals surface area contributed by atoms with E-state index in [0.29, 0.717) is 19.4 Å². The van der Waals surface area contributed by atoms with Gasteiger partial charge in [-0.1, -0.05) is 48.0 Å². The summed E-state index contributed by atoms with van der Waals surface area (Å²) in [6.45, 7) is 2.54. The minimum atomic E-state index is -0.486. The van der Waals surface area contributed by atoms with E-state index in [1.54, 1.807) is 0 Å². The van der Waals surface area contributed by atoms with Crippen molar-refractivity contribution in [1.82, 2.24) is 5.32 Å². The Morgan fingerprint density at radius 1 is 1.04 bits per heavy atom. The number of benzene rings is 2. The third-order valence-electron chi connectivity index (χ3n) is 3.85. The lowest BCUT2D eigenvalue weighted by atomic mass is 10.1. The fraction of sp³-hybridized carbons (Fsp3) is 0.300. The summed E-state index contributed by atoms with van der Waals surface area (Å²) in [5.74, 6) is -0.379. The second-order valence-electron chi connectivity index (χ2n) is 5.83. The molecule has 2 rings (SSSR count). The molecule has 2 N–H and O–H groups in total. The number of ether oxygens (including phenoxy) is 1. The maximum Gasteiger partial charge on any atom is 0.305 e. The molecule has 0 aliphatic heterocycles. The standard InChI is InChI=1S/C20H24N2O3/c1-15-10-12-17(13-11-15)22-20(24)19(16-7-4-3-5-8-16)21-14-6-9-18(23)25-2/h3-5,7-8,10-13,19,21H,6,9,14H2,1-2H3,(H,22,24)/t19-/m0/s1. The molecule has 0 heterocycles. The Kier molecular flexibility index (Phi) is 7.16. The molecule has 0 saturated carbocycles. The molecule has 2 aromatic rings. The van der Waals surface area contributed by atoms with Crippen LogP contribution in [0.5, 0.6) is 0 Å². The van der Waals surface area contributed by atoms with E-state index in [2.05, 4.69) is 15.4 Å². The molecule has 0 bridgehead atoms. The molecule has 1 atom stereocenters. The molecule has 0 radical (unpaired) electrons. The van der Waals surface area contributed by atoms with Crippen molar-refractivity contribution in [3.05, 3.63) is 65.7 Å². The lowest BCUT2D eigenvalue weighted by Crippen LogP contribution is -2.33. The number of rotatable bonds is 8. The van der Waals surface area contributed by atoms with Crippen LogP contribution < -0.4 is 10.6 Å². The van der Waals surface area contributed by atoms with Gasteiger partial charge in [-0.15, -0.1) is 0 Å². The van der Waals surface area contributed by atoms with Crippen molar-refractivity contribution >= 4 is 17.6 Å². The summed E-state index contributed by atoms with van der Waals surface area (Å²) in [5, 5.41) is 6.16. The normalized spacial score (nSPS) is 11.6. The topological polar surface area (TPSA) is 67.4 Å². The van der Waals surface area contributed by atoms with Crippen LogP contribution in [0.1, 0.15) is 30.0 Å². The number of carbonyl (C=O) groups excluding carboxylic acids is 2. The van der Waals surface area contributed by atoms with Crippen molar-refractivity contribution in [2.45, 2.75) is 25.8 Å². The average Bonchev–Trinajstić information content (AvgIpc) is 2.64. The largest absolute Gasteiger partial charge is 0.469 e. The van der Waals surface area contributed by atoms with Gasteiger partial charge in [0.15, 0.2) is 0 Å². The highest BCUT2D eigenvalue weighted by Gasteiger charge is 2.20. The van der Waals surface area contributed by atoms with Crippen LogP contribution in [0.25, 0.3) is 0 Å². The molecular formula is C20H24N2O3. The molecule has 0 aromatic heterocycles. The number of anilines is 1. The fourth-order valence-electron chi connectivity index (χ4n) is 2.44. The van der Waals surface area contributed by atoms with E-state index in [9.17, 15) is 9.59 Å². The molecule has 0 unspecified atom stereocenters. The van der Waals surface area contributed by atoms with Gasteiger partial charge in [-0.3, -0.25) is 9.59 Å². The number of nitrogens with one attached hydrogen (secondary N) is 2. The Morgan fingerprint density at radius 3 is 2.36 bits per heavy atom. The van der Waals surface area contributed by atoms with Crippen LogP contribution >= 0.6 is 0 Å². The van der Waals surface area contributed by atoms with Crippen molar-refractivity contribution < 1.29 is 14.3 Å². The third-order valence-corrected chi connectivity index (χ3v) is 3.85. The number of hydrogen-bond acceptors (Lipinski definition) is 4. The van der Waals surface area contributed by atoms with Gasteiger partial charge < -0.3 is 15.4 Å². The Bertz CT molecular complexity index is 684. The third kappa shape index (κ3) is 6.04. The summed E-state index contributed by atoms with van der Waals surface area (Å²) >= 11 is 0. The van der Waals surface area contributed by atoms with E-state index in [1.165, 1.54) is 7.11 Å². The molecular weight excluding hydrogens is 316 g/mol. The van der Waals surface area contributed by atoms with Crippen LogP contribution in [0.2, 0.25) is 0 Å². The van der Waals surface area contributed by atoms with E-state index in [4.69, 9.17) is 0 Å². The fourth-order valence-corrected chi connectivity index (χ4v) is 2.44. The van der Waals surface area contributed by atoms with Gasteiger partial charge in [-0.05, 0) is 37.6 Å².